The molecule has 0 spiro atoms. The fourth-order valence-corrected chi connectivity index (χ4v) is 4.81. The Labute approximate surface area is 134 Å². The van der Waals surface area contributed by atoms with Crippen LogP contribution in [0.2, 0.25) is 0 Å². The van der Waals surface area contributed by atoms with Crippen LogP contribution in [0.1, 0.15) is 22.5 Å². The maximum atomic E-state index is 11.7. The molecule has 0 radical (unpaired) electrons. The molecule has 122 valence electrons. The minimum atomic E-state index is -2.98. The Morgan fingerprint density at radius 1 is 1.35 bits per heavy atom. The van der Waals surface area contributed by atoms with Gasteiger partial charge in [0.2, 0.25) is 0 Å². The van der Waals surface area contributed by atoms with Crippen molar-refractivity contribution in [1.82, 2.24) is 4.98 Å². The molecule has 3 rings (SSSR count). The zero-order valence-electron chi connectivity index (χ0n) is 13.0. The molecule has 6 nitrogen and oxygen atoms in total. The molecule has 1 aliphatic rings. The third-order valence-electron chi connectivity index (χ3n) is 4.30. The van der Waals surface area contributed by atoms with E-state index in [1.165, 1.54) is 6.07 Å². The molecule has 0 saturated carbocycles. The number of hydrogen-bond acceptors (Lipinski definition) is 5. The van der Waals surface area contributed by atoms with Crippen molar-refractivity contribution in [3.05, 3.63) is 35.5 Å². The van der Waals surface area contributed by atoms with Gasteiger partial charge in [-0.3, -0.25) is 4.98 Å². The fraction of sp³-hybridized carbons (Fsp3) is 0.375. The summed E-state index contributed by atoms with van der Waals surface area (Å²) < 4.78 is 23.5. The quantitative estimate of drug-likeness (QED) is 0.922. The summed E-state index contributed by atoms with van der Waals surface area (Å²) in [6.45, 7) is 1.87. The number of aryl methyl sites for hydroxylation is 1. The molecule has 2 heterocycles. The normalized spacial score (nSPS) is 19.8. The molecule has 0 amide bonds. The number of aromatic carboxylic acids is 1. The molecule has 7 heteroatoms. The van der Waals surface area contributed by atoms with E-state index in [4.69, 9.17) is 0 Å². The standard InChI is InChI=1S/C16H18N2O4S/c1-10-7-15(18(2)12-5-6-23(21,22)9-12)13-8-11(16(19)20)3-4-14(13)17-10/h3-4,7-8,12H,5-6,9H2,1-2H3,(H,19,20)/t12-/m1/s1. The van der Waals surface area contributed by atoms with Crippen molar-refractivity contribution in [1.29, 1.82) is 0 Å². The monoisotopic (exact) mass is 334 g/mol. The second-order valence-corrected chi connectivity index (χ2v) is 8.22. The molecule has 1 N–H and O–H groups in total. The third-order valence-corrected chi connectivity index (χ3v) is 6.05. The largest absolute Gasteiger partial charge is 0.478 e. The summed E-state index contributed by atoms with van der Waals surface area (Å²) in [6, 6.07) is 6.59. The molecular weight excluding hydrogens is 316 g/mol. The van der Waals surface area contributed by atoms with E-state index in [0.29, 0.717) is 11.9 Å². The first-order valence-corrected chi connectivity index (χ1v) is 9.17. The Morgan fingerprint density at radius 2 is 2.09 bits per heavy atom. The van der Waals surface area contributed by atoms with Crippen molar-refractivity contribution in [2.75, 3.05) is 23.5 Å². The van der Waals surface area contributed by atoms with E-state index in [-0.39, 0.29) is 23.1 Å². The lowest BCUT2D eigenvalue weighted by Gasteiger charge is -2.27. The topological polar surface area (TPSA) is 87.6 Å². The van der Waals surface area contributed by atoms with E-state index in [2.05, 4.69) is 4.98 Å². The highest BCUT2D eigenvalue weighted by atomic mass is 32.2. The second kappa shape index (κ2) is 5.49. The highest BCUT2D eigenvalue weighted by Gasteiger charge is 2.31. The highest BCUT2D eigenvalue weighted by Crippen LogP contribution is 2.30. The van der Waals surface area contributed by atoms with E-state index in [1.807, 2.05) is 24.9 Å². The lowest BCUT2D eigenvalue weighted by atomic mass is 10.1. The summed E-state index contributed by atoms with van der Waals surface area (Å²) in [6.07, 6.45) is 0.584. The number of nitrogens with zero attached hydrogens (tertiary/aromatic N) is 2. The summed E-state index contributed by atoms with van der Waals surface area (Å²) >= 11 is 0. The minimum absolute atomic E-state index is 0.0986. The first kappa shape index (κ1) is 15.7. The molecule has 1 aromatic carbocycles. The number of rotatable bonds is 3. The maximum Gasteiger partial charge on any atom is 0.335 e. The summed E-state index contributed by atoms with van der Waals surface area (Å²) in [5, 5.41) is 9.92. The molecule has 1 aliphatic heterocycles. The van der Waals surface area contributed by atoms with Crippen LogP contribution in [0.5, 0.6) is 0 Å². The summed E-state index contributed by atoms with van der Waals surface area (Å²) in [5.74, 6) is -0.667. The van der Waals surface area contributed by atoms with Crippen molar-refractivity contribution in [2.45, 2.75) is 19.4 Å². The zero-order chi connectivity index (χ0) is 16.8. The van der Waals surface area contributed by atoms with Crippen LogP contribution in [0.25, 0.3) is 10.9 Å². The highest BCUT2D eigenvalue weighted by molar-refractivity contribution is 7.91. The number of pyridine rings is 1. The fourth-order valence-electron chi connectivity index (χ4n) is 3.04. The zero-order valence-corrected chi connectivity index (χ0v) is 13.8. The molecule has 1 atom stereocenters. The van der Waals surface area contributed by atoms with Gasteiger partial charge in [-0.1, -0.05) is 0 Å². The van der Waals surface area contributed by atoms with Crippen LogP contribution in [0, 0.1) is 6.92 Å². The van der Waals surface area contributed by atoms with Crippen molar-refractivity contribution < 1.29 is 18.3 Å². The Balaban J connectivity index is 2.11. The molecule has 1 fully saturated rings. The van der Waals surface area contributed by atoms with Gasteiger partial charge < -0.3 is 10.0 Å². The second-order valence-electron chi connectivity index (χ2n) is 5.99. The van der Waals surface area contributed by atoms with Gasteiger partial charge in [-0.2, -0.15) is 0 Å². The molecule has 23 heavy (non-hydrogen) atoms. The molecule has 2 aromatic rings. The summed E-state index contributed by atoms with van der Waals surface area (Å²) in [5.41, 5.74) is 2.52. The third kappa shape index (κ3) is 3.01. The number of hydrogen-bond donors (Lipinski definition) is 1. The number of sulfone groups is 1. The minimum Gasteiger partial charge on any atom is -0.478 e. The SMILES string of the molecule is Cc1cc(N(C)[C@@H]2CCS(=O)(=O)C2)c2cc(C(=O)O)ccc2n1. The predicted molar refractivity (Wildman–Crippen MR) is 88.9 cm³/mol. The Hall–Kier alpha value is -2.15. The molecule has 1 aromatic heterocycles. The van der Waals surface area contributed by atoms with Gasteiger partial charge in [0.1, 0.15) is 0 Å². The van der Waals surface area contributed by atoms with Gasteiger partial charge in [-0.05, 0) is 37.6 Å². The van der Waals surface area contributed by atoms with Crippen molar-refractivity contribution in [3.63, 3.8) is 0 Å². The van der Waals surface area contributed by atoms with Crippen molar-refractivity contribution in [2.24, 2.45) is 0 Å². The van der Waals surface area contributed by atoms with Gasteiger partial charge in [-0.15, -0.1) is 0 Å². The predicted octanol–water partition coefficient (Wildman–Crippen LogP) is 1.86. The number of aromatic nitrogens is 1. The van der Waals surface area contributed by atoms with Crippen molar-refractivity contribution in [3.8, 4) is 0 Å². The van der Waals surface area contributed by atoms with E-state index in [9.17, 15) is 18.3 Å². The maximum absolute atomic E-state index is 11.7. The van der Waals surface area contributed by atoms with Gasteiger partial charge in [0.25, 0.3) is 0 Å². The van der Waals surface area contributed by atoms with Crippen LogP contribution < -0.4 is 4.90 Å². The molecule has 1 saturated heterocycles. The number of anilines is 1. The Bertz CT molecular complexity index is 892. The average Bonchev–Trinajstić information content (AvgIpc) is 2.85. The van der Waals surface area contributed by atoms with Crippen LogP contribution in [-0.2, 0) is 9.84 Å². The number of carboxylic acid groups (broad SMARTS) is 1. The Kier molecular flexibility index (Phi) is 3.75. The van der Waals surface area contributed by atoms with Gasteiger partial charge in [0.05, 0.1) is 22.6 Å². The van der Waals surface area contributed by atoms with E-state index in [1.54, 1.807) is 12.1 Å². The summed E-state index contributed by atoms with van der Waals surface area (Å²) in [4.78, 5) is 17.6. The van der Waals surface area contributed by atoms with E-state index in [0.717, 1.165) is 16.8 Å². The Morgan fingerprint density at radius 3 is 2.70 bits per heavy atom. The first-order valence-electron chi connectivity index (χ1n) is 7.35. The van der Waals surface area contributed by atoms with Crippen LogP contribution in [0.4, 0.5) is 5.69 Å². The van der Waals surface area contributed by atoms with E-state index >= 15 is 0 Å². The molecular formula is C16H18N2O4S. The lowest BCUT2D eigenvalue weighted by molar-refractivity contribution is 0.0697. The van der Waals surface area contributed by atoms with Crippen LogP contribution in [-0.4, -0.2) is 49.1 Å². The molecule has 0 aliphatic carbocycles. The number of benzene rings is 1. The summed E-state index contributed by atoms with van der Waals surface area (Å²) in [7, 11) is -1.13. The van der Waals surface area contributed by atoms with Gasteiger partial charge in [0, 0.05) is 29.9 Å². The molecule has 0 unspecified atom stereocenters. The number of carbonyl (C=O) groups is 1. The average molecular weight is 334 g/mol. The smallest absolute Gasteiger partial charge is 0.335 e. The van der Waals surface area contributed by atoms with E-state index < -0.39 is 15.8 Å². The van der Waals surface area contributed by atoms with Gasteiger partial charge in [-0.25, -0.2) is 13.2 Å². The number of fused-ring (bicyclic) bond motifs is 1. The number of carboxylic acids is 1. The lowest BCUT2D eigenvalue weighted by Crippen LogP contribution is -2.32. The van der Waals surface area contributed by atoms with Crippen molar-refractivity contribution >= 4 is 32.4 Å². The molecule has 0 bridgehead atoms. The van der Waals surface area contributed by atoms with Crippen LogP contribution in [0.15, 0.2) is 24.3 Å². The first-order chi connectivity index (χ1) is 10.8. The van der Waals surface area contributed by atoms with Crippen LogP contribution in [0.3, 0.4) is 0 Å². The van der Waals surface area contributed by atoms with Crippen LogP contribution >= 0.6 is 0 Å². The van der Waals surface area contributed by atoms with Gasteiger partial charge >= 0.3 is 5.97 Å². The van der Waals surface area contributed by atoms with Gasteiger partial charge in [0.15, 0.2) is 9.84 Å².